The molecule has 0 aliphatic heterocycles. The van der Waals surface area contributed by atoms with E-state index in [9.17, 15) is 4.79 Å². The van der Waals surface area contributed by atoms with Crippen LogP contribution in [0.4, 0.5) is 0 Å². The zero-order chi connectivity index (χ0) is 15.7. The van der Waals surface area contributed by atoms with Gasteiger partial charge in [0.05, 0.1) is 10.6 Å². The topological polar surface area (TPSA) is 43.1 Å². The van der Waals surface area contributed by atoms with Gasteiger partial charge in [0.2, 0.25) is 5.89 Å². The molecule has 0 aliphatic rings. The lowest BCUT2D eigenvalue weighted by atomic mass is 10.1. The summed E-state index contributed by atoms with van der Waals surface area (Å²) in [6.07, 6.45) is 1.01. The van der Waals surface area contributed by atoms with Crippen LogP contribution in [0.25, 0.3) is 22.6 Å². The Morgan fingerprint density at radius 1 is 1.23 bits per heavy atom. The van der Waals surface area contributed by atoms with Crippen molar-refractivity contribution in [2.75, 3.05) is 0 Å². The van der Waals surface area contributed by atoms with Crippen molar-refractivity contribution in [3.05, 3.63) is 52.0 Å². The van der Waals surface area contributed by atoms with Crippen molar-refractivity contribution >= 4 is 40.1 Å². The summed E-state index contributed by atoms with van der Waals surface area (Å²) in [4.78, 5) is 15.7. The minimum absolute atomic E-state index is 0.124. The monoisotopic (exact) mass is 333 g/mol. The molecule has 112 valence electrons. The van der Waals surface area contributed by atoms with Crippen molar-refractivity contribution in [2.45, 2.75) is 19.8 Å². The van der Waals surface area contributed by atoms with Crippen LogP contribution in [0.3, 0.4) is 0 Å². The Bertz CT molecular complexity index is 855. The summed E-state index contributed by atoms with van der Waals surface area (Å²) in [5.74, 6) is 0.575. The van der Waals surface area contributed by atoms with Gasteiger partial charge in [0.25, 0.3) is 0 Å². The van der Waals surface area contributed by atoms with Crippen molar-refractivity contribution in [2.24, 2.45) is 0 Å². The number of hydrogen-bond acceptors (Lipinski definition) is 3. The van der Waals surface area contributed by atoms with Crippen LogP contribution >= 0.6 is 23.2 Å². The van der Waals surface area contributed by atoms with E-state index >= 15 is 0 Å². The highest BCUT2D eigenvalue weighted by molar-refractivity contribution is 6.33. The minimum atomic E-state index is 0.124. The molecule has 3 aromatic rings. The average molecular weight is 334 g/mol. The zero-order valence-corrected chi connectivity index (χ0v) is 13.4. The van der Waals surface area contributed by atoms with Crippen molar-refractivity contribution in [3.8, 4) is 11.5 Å². The lowest BCUT2D eigenvalue weighted by Gasteiger charge is -2.01. The number of rotatable bonds is 4. The van der Waals surface area contributed by atoms with Crippen molar-refractivity contribution < 1.29 is 9.21 Å². The number of carbonyl (C=O) groups excluding carboxylic acids is 1. The Balaban J connectivity index is 2.11. The third-order valence-electron chi connectivity index (χ3n) is 3.38. The Morgan fingerprint density at radius 3 is 2.73 bits per heavy atom. The van der Waals surface area contributed by atoms with Gasteiger partial charge in [-0.25, -0.2) is 4.98 Å². The number of aromatic nitrogens is 1. The maximum absolute atomic E-state index is 11.2. The first-order chi connectivity index (χ1) is 10.5. The Morgan fingerprint density at radius 2 is 2.00 bits per heavy atom. The van der Waals surface area contributed by atoms with E-state index < -0.39 is 0 Å². The van der Waals surface area contributed by atoms with Gasteiger partial charge in [-0.2, -0.15) is 0 Å². The molecule has 0 saturated heterocycles. The van der Waals surface area contributed by atoms with Crippen LogP contribution in [0.2, 0.25) is 10.0 Å². The van der Waals surface area contributed by atoms with Gasteiger partial charge in [-0.1, -0.05) is 35.3 Å². The largest absolute Gasteiger partial charge is 0.436 e. The van der Waals surface area contributed by atoms with E-state index in [1.165, 1.54) is 0 Å². The summed E-state index contributed by atoms with van der Waals surface area (Å²) >= 11 is 12.3. The number of fused-ring (bicyclic) bond motifs is 1. The summed E-state index contributed by atoms with van der Waals surface area (Å²) in [6, 6.07) is 10.9. The van der Waals surface area contributed by atoms with Crippen LogP contribution in [0.15, 0.2) is 40.8 Å². The quantitative estimate of drug-likeness (QED) is 0.648. The first kappa shape index (κ1) is 15.1. The summed E-state index contributed by atoms with van der Waals surface area (Å²) in [6.45, 7) is 1.57. The van der Waals surface area contributed by atoms with E-state index in [-0.39, 0.29) is 5.78 Å². The molecule has 0 fully saturated rings. The summed E-state index contributed by atoms with van der Waals surface area (Å²) < 4.78 is 5.89. The molecular weight excluding hydrogens is 321 g/mol. The summed E-state index contributed by atoms with van der Waals surface area (Å²) in [5.41, 5.74) is 2.93. The molecule has 1 heterocycles. The predicted octanol–water partition coefficient (Wildman–Crippen LogP) is 5.32. The van der Waals surface area contributed by atoms with Gasteiger partial charge in [0.15, 0.2) is 5.58 Å². The molecular formula is C17H13Cl2NO2. The Labute approximate surface area is 137 Å². The van der Waals surface area contributed by atoms with Crippen molar-refractivity contribution in [3.63, 3.8) is 0 Å². The van der Waals surface area contributed by atoms with Crippen LogP contribution < -0.4 is 0 Å². The molecule has 3 nitrogen and oxygen atoms in total. The number of benzene rings is 2. The van der Waals surface area contributed by atoms with Crippen molar-refractivity contribution in [1.82, 2.24) is 4.98 Å². The maximum atomic E-state index is 11.2. The molecule has 22 heavy (non-hydrogen) atoms. The van der Waals surface area contributed by atoms with E-state index in [4.69, 9.17) is 27.6 Å². The fourth-order valence-electron chi connectivity index (χ4n) is 2.31. The fourth-order valence-corrected chi connectivity index (χ4v) is 2.76. The smallest absolute Gasteiger partial charge is 0.228 e. The number of aryl methyl sites for hydroxylation is 1. The maximum Gasteiger partial charge on any atom is 0.228 e. The van der Waals surface area contributed by atoms with Gasteiger partial charge in [-0.3, -0.25) is 0 Å². The molecule has 0 spiro atoms. The Kier molecular flexibility index (Phi) is 4.19. The molecule has 0 unspecified atom stereocenters. The third-order valence-corrected chi connectivity index (χ3v) is 3.93. The molecule has 1 aromatic heterocycles. The van der Waals surface area contributed by atoms with Crippen LogP contribution in [-0.2, 0) is 11.2 Å². The third kappa shape index (κ3) is 3.01. The summed E-state index contributed by atoms with van der Waals surface area (Å²) in [5, 5.41) is 1.15. The SMILES string of the molecule is CC(=O)CCc1cc(Cl)cc2nc(-c3ccccc3Cl)oc12. The van der Waals surface area contributed by atoms with Gasteiger partial charge in [-0.15, -0.1) is 0 Å². The molecule has 0 atom stereocenters. The second-order valence-electron chi connectivity index (χ2n) is 5.11. The second kappa shape index (κ2) is 6.11. The van der Waals surface area contributed by atoms with Crippen LogP contribution in [0.5, 0.6) is 0 Å². The number of oxazole rings is 1. The highest BCUT2D eigenvalue weighted by Crippen LogP contribution is 2.32. The number of halogens is 2. The molecule has 0 saturated carbocycles. The van der Waals surface area contributed by atoms with Gasteiger partial charge in [0.1, 0.15) is 11.3 Å². The number of carbonyl (C=O) groups is 1. The first-order valence-electron chi connectivity index (χ1n) is 6.88. The van der Waals surface area contributed by atoms with E-state index in [0.29, 0.717) is 39.9 Å². The van der Waals surface area contributed by atoms with E-state index in [1.807, 2.05) is 24.3 Å². The lowest BCUT2D eigenvalue weighted by Crippen LogP contribution is -1.94. The second-order valence-corrected chi connectivity index (χ2v) is 5.96. The average Bonchev–Trinajstić information content (AvgIpc) is 2.88. The Hall–Kier alpha value is -1.84. The molecule has 0 aliphatic carbocycles. The van der Waals surface area contributed by atoms with Gasteiger partial charge in [-0.05, 0) is 43.2 Å². The van der Waals surface area contributed by atoms with E-state index in [1.54, 1.807) is 19.1 Å². The van der Waals surface area contributed by atoms with Gasteiger partial charge in [0, 0.05) is 11.4 Å². The van der Waals surface area contributed by atoms with Crippen LogP contribution in [0.1, 0.15) is 18.9 Å². The molecule has 0 bridgehead atoms. The van der Waals surface area contributed by atoms with Crippen LogP contribution in [0, 0.1) is 0 Å². The normalized spacial score (nSPS) is 11.0. The highest BCUT2D eigenvalue weighted by Gasteiger charge is 2.15. The minimum Gasteiger partial charge on any atom is -0.436 e. The molecule has 0 amide bonds. The first-order valence-corrected chi connectivity index (χ1v) is 7.63. The van der Waals surface area contributed by atoms with Gasteiger partial charge >= 0.3 is 0 Å². The summed E-state index contributed by atoms with van der Waals surface area (Å²) in [7, 11) is 0. The highest BCUT2D eigenvalue weighted by atomic mass is 35.5. The number of ketones is 1. The molecule has 0 N–H and O–H groups in total. The standard InChI is InChI=1S/C17H13Cl2NO2/c1-10(21)6-7-11-8-12(18)9-15-16(11)22-17(20-15)13-4-2-3-5-14(13)19/h2-5,8-9H,6-7H2,1H3. The number of nitrogens with zero attached hydrogens (tertiary/aromatic N) is 1. The molecule has 2 aromatic carbocycles. The predicted molar refractivity (Wildman–Crippen MR) is 88.5 cm³/mol. The lowest BCUT2D eigenvalue weighted by molar-refractivity contribution is -0.116. The van der Waals surface area contributed by atoms with Crippen LogP contribution in [-0.4, -0.2) is 10.8 Å². The van der Waals surface area contributed by atoms with Crippen molar-refractivity contribution in [1.29, 1.82) is 0 Å². The number of hydrogen-bond donors (Lipinski definition) is 0. The molecule has 0 radical (unpaired) electrons. The van der Waals surface area contributed by atoms with E-state index in [0.717, 1.165) is 11.1 Å². The fraction of sp³-hybridized carbons (Fsp3) is 0.176. The number of Topliss-reactive ketones (excluding diaryl/α,β-unsaturated/α-hetero) is 1. The van der Waals surface area contributed by atoms with Gasteiger partial charge < -0.3 is 9.21 Å². The molecule has 5 heteroatoms. The molecule has 3 rings (SSSR count). The van der Waals surface area contributed by atoms with E-state index in [2.05, 4.69) is 4.98 Å². The zero-order valence-electron chi connectivity index (χ0n) is 11.9.